The van der Waals surface area contributed by atoms with Gasteiger partial charge in [-0.25, -0.2) is 4.68 Å². The number of nitriles is 1. The maximum atomic E-state index is 8.87. The van der Waals surface area contributed by atoms with Crippen LogP contribution in [0.2, 0.25) is 0 Å². The fourth-order valence-electron chi connectivity index (χ4n) is 2.08. The van der Waals surface area contributed by atoms with Gasteiger partial charge in [-0.1, -0.05) is 18.2 Å². The molecule has 6 heteroatoms. The molecule has 2 heterocycles. The van der Waals surface area contributed by atoms with Crippen LogP contribution >= 0.6 is 22.7 Å². The zero-order chi connectivity index (χ0) is 16.9. The van der Waals surface area contributed by atoms with Gasteiger partial charge in [-0.05, 0) is 43.0 Å². The lowest BCUT2D eigenvalue weighted by atomic mass is 10.2. The highest BCUT2D eigenvalue weighted by Crippen LogP contribution is 2.25. The first-order valence-electron chi connectivity index (χ1n) is 7.50. The van der Waals surface area contributed by atoms with E-state index in [0.717, 1.165) is 20.9 Å². The Balaban J connectivity index is 2.03. The van der Waals surface area contributed by atoms with E-state index >= 15 is 0 Å². The number of benzene rings is 1. The van der Waals surface area contributed by atoms with Gasteiger partial charge < -0.3 is 0 Å². The molecule has 0 aliphatic rings. The summed E-state index contributed by atoms with van der Waals surface area (Å²) < 4.78 is 1.88. The van der Waals surface area contributed by atoms with E-state index in [2.05, 4.69) is 46.8 Å². The van der Waals surface area contributed by atoms with Crippen molar-refractivity contribution in [3.05, 3.63) is 63.1 Å². The molecule has 3 aromatic rings. The average molecular weight is 352 g/mol. The zero-order valence-corrected chi connectivity index (χ0v) is 15.0. The molecule has 0 N–H and O–H groups in total. The third-order valence-corrected chi connectivity index (χ3v) is 4.91. The standard InChI is InChI=1S/C18H16N4S2/c1-13(2)21-18-22(16(12-24-18)17-4-3-9-23-17)20-11-15-7-5-14(10-19)6-8-15/h3-9,11-13H,1-2H3. The summed E-state index contributed by atoms with van der Waals surface area (Å²) in [7, 11) is 0. The first kappa shape index (κ1) is 16.4. The van der Waals surface area contributed by atoms with Gasteiger partial charge in [0.1, 0.15) is 0 Å². The van der Waals surface area contributed by atoms with E-state index in [1.54, 1.807) is 41.0 Å². The number of thiazole rings is 1. The van der Waals surface area contributed by atoms with Crippen LogP contribution in [0.25, 0.3) is 10.6 Å². The van der Waals surface area contributed by atoms with E-state index in [0.29, 0.717) is 5.56 Å². The number of aromatic nitrogens is 1. The minimum Gasteiger partial charge on any atom is -0.255 e. The van der Waals surface area contributed by atoms with Crippen LogP contribution in [0.5, 0.6) is 0 Å². The van der Waals surface area contributed by atoms with Gasteiger partial charge in [0.15, 0.2) is 0 Å². The maximum absolute atomic E-state index is 8.87. The highest BCUT2D eigenvalue weighted by molar-refractivity contribution is 7.14. The third-order valence-electron chi connectivity index (χ3n) is 3.19. The quantitative estimate of drug-likeness (QED) is 0.644. The molecule has 0 saturated heterocycles. The molecule has 0 aliphatic carbocycles. The predicted octanol–water partition coefficient (Wildman–Crippen LogP) is 4.34. The van der Waals surface area contributed by atoms with Gasteiger partial charge in [0.25, 0.3) is 0 Å². The second kappa shape index (κ2) is 7.39. The highest BCUT2D eigenvalue weighted by atomic mass is 32.1. The molecule has 2 aromatic heterocycles. The first-order valence-corrected chi connectivity index (χ1v) is 9.26. The normalized spacial score (nSPS) is 12.2. The summed E-state index contributed by atoms with van der Waals surface area (Å²) in [6, 6.07) is 13.8. The Morgan fingerprint density at radius 2 is 1.96 bits per heavy atom. The summed E-state index contributed by atoms with van der Waals surface area (Å²) in [5.74, 6) is 0. The van der Waals surface area contributed by atoms with Crippen LogP contribution in [0.15, 0.2) is 57.3 Å². The molecule has 120 valence electrons. The molecule has 1 aromatic carbocycles. The number of thiophene rings is 1. The second-order valence-electron chi connectivity index (χ2n) is 5.39. The highest BCUT2D eigenvalue weighted by Gasteiger charge is 2.08. The first-order chi connectivity index (χ1) is 11.7. The molecule has 0 fully saturated rings. The molecule has 0 aliphatic heterocycles. The SMILES string of the molecule is CC(C)N=c1scc(-c2cccs2)n1N=Cc1ccc(C#N)cc1. The topological polar surface area (TPSA) is 53.4 Å². The van der Waals surface area contributed by atoms with Gasteiger partial charge in [-0.15, -0.1) is 22.7 Å². The number of nitrogens with zero attached hydrogens (tertiary/aromatic N) is 4. The minimum atomic E-state index is 0.205. The van der Waals surface area contributed by atoms with E-state index in [-0.39, 0.29) is 6.04 Å². The molecule has 24 heavy (non-hydrogen) atoms. The molecule has 0 amide bonds. The lowest BCUT2D eigenvalue weighted by Crippen LogP contribution is -2.14. The fraction of sp³-hybridized carbons (Fsp3) is 0.167. The van der Waals surface area contributed by atoms with Crippen LogP contribution < -0.4 is 4.80 Å². The van der Waals surface area contributed by atoms with Gasteiger partial charge in [-0.2, -0.15) is 10.4 Å². The Morgan fingerprint density at radius 1 is 1.17 bits per heavy atom. The van der Waals surface area contributed by atoms with Gasteiger partial charge in [0, 0.05) is 11.4 Å². The van der Waals surface area contributed by atoms with Gasteiger partial charge in [-0.3, -0.25) is 4.99 Å². The van der Waals surface area contributed by atoms with E-state index in [9.17, 15) is 0 Å². The molecule has 0 saturated carbocycles. The number of hydrogen-bond acceptors (Lipinski definition) is 5. The Kier molecular flexibility index (Phi) is 5.04. The van der Waals surface area contributed by atoms with E-state index < -0.39 is 0 Å². The Morgan fingerprint density at radius 3 is 2.58 bits per heavy atom. The predicted molar refractivity (Wildman–Crippen MR) is 100 cm³/mol. The molecular formula is C18H16N4S2. The molecule has 4 nitrogen and oxygen atoms in total. The van der Waals surface area contributed by atoms with Gasteiger partial charge >= 0.3 is 0 Å². The van der Waals surface area contributed by atoms with E-state index in [4.69, 9.17) is 5.26 Å². The van der Waals surface area contributed by atoms with Gasteiger partial charge in [0.2, 0.25) is 4.80 Å². The summed E-state index contributed by atoms with van der Waals surface area (Å²) >= 11 is 3.27. The maximum Gasteiger partial charge on any atom is 0.206 e. The summed E-state index contributed by atoms with van der Waals surface area (Å²) in [6.45, 7) is 4.11. The van der Waals surface area contributed by atoms with Crippen molar-refractivity contribution in [1.82, 2.24) is 4.68 Å². The van der Waals surface area contributed by atoms with Crippen molar-refractivity contribution in [3.63, 3.8) is 0 Å². The summed E-state index contributed by atoms with van der Waals surface area (Å²) in [5.41, 5.74) is 2.63. The van der Waals surface area contributed by atoms with Crippen molar-refractivity contribution >= 4 is 28.9 Å². The van der Waals surface area contributed by atoms with Crippen LogP contribution in [-0.2, 0) is 0 Å². The summed E-state index contributed by atoms with van der Waals surface area (Å²) in [4.78, 5) is 6.69. The lowest BCUT2D eigenvalue weighted by molar-refractivity contribution is 0.755. The van der Waals surface area contributed by atoms with Crippen molar-refractivity contribution in [3.8, 4) is 16.6 Å². The van der Waals surface area contributed by atoms with Crippen LogP contribution in [0.1, 0.15) is 25.0 Å². The summed E-state index contributed by atoms with van der Waals surface area (Å²) in [5, 5.41) is 17.6. The molecule has 0 bridgehead atoms. The van der Waals surface area contributed by atoms with Crippen molar-refractivity contribution in [2.45, 2.75) is 19.9 Å². The van der Waals surface area contributed by atoms with Crippen LogP contribution in [0, 0.1) is 11.3 Å². The van der Waals surface area contributed by atoms with Crippen molar-refractivity contribution in [1.29, 1.82) is 5.26 Å². The van der Waals surface area contributed by atoms with E-state index in [1.165, 1.54) is 0 Å². The van der Waals surface area contributed by atoms with Crippen LogP contribution in [-0.4, -0.2) is 16.9 Å². The molecule has 0 unspecified atom stereocenters. The van der Waals surface area contributed by atoms with Gasteiger partial charge in [0.05, 0.1) is 28.4 Å². The second-order valence-corrected chi connectivity index (χ2v) is 7.18. The largest absolute Gasteiger partial charge is 0.255 e. The van der Waals surface area contributed by atoms with E-state index in [1.807, 2.05) is 22.9 Å². The average Bonchev–Trinajstić information content (AvgIpc) is 3.22. The van der Waals surface area contributed by atoms with Crippen LogP contribution in [0.3, 0.4) is 0 Å². The molecule has 0 radical (unpaired) electrons. The van der Waals surface area contributed by atoms with Crippen molar-refractivity contribution in [2.24, 2.45) is 10.1 Å². The van der Waals surface area contributed by atoms with Crippen molar-refractivity contribution < 1.29 is 0 Å². The minimum absolute atomic E-state index is 0.205. The monoisotopic (exact) mass is 352 g/mol. The Labute approximate surface area is 148 Å². The number of rotatable bonds is 4. The molecule has 0 spiro atoms. The zero-order valence-electron chi connectivity index (χ0n) is 13.4. The Hall–Kier alpha value is -2.49. The molecule has 3 rings (SSSR count). The molecule has 0 atom stereocenters. The smallest absolute Gasteiger partial charge is 0.206 e. The lowest BCUT2D eigenvalue weighted by Gasteiger charge is -2.02. The van der Waals surface area contributed by atoms with Crippen LogP contribution in [0.4, 0.5) is 0 Å². The third kappa shape index (κ3) is 3.70. The summed E-state index contributed by atoms with van der Waals surface area (Å²) in [6.07, 6.45) is 1.80. The molecular weight excluding hydrogens is 336 g/mol. The van der Waals surface area contributed by atoms with Crippen molar-refractivity contribution in [2.75, 3.05) is 0 Å². The number of hydrogen-bond donors (Lipinski definition) is 0. The Bertz CT molecular complexity index is 936. The fourth-order valence-corrected chi connectivity index (χ4v) is 3.85.